The van der Waals surface area contributed by atoms with Crippen molar-refractivity contribution in [2.24, 2.45) is 0 Å². The fourth-order valence-electron chi connectivity index (χ4n) is 1.74. The summed E-state index contributed by atoms with van der Waals surface area (Å²) in [6, 6.07) is 13.1. The molecule has 0 spiro atoms. The van der Waals surface area contributed by atoms with Crippen molar-refractivity contribution < 1.29 is 14.7 Å². The van der Waals surface area contributed by atoms with Crippen LogP contribution in [0, 0.1) is 0 Å². The van der Waals surface area contributed by atoms with Gasteiger partial charge in [-0.25, -0.2) is 9.59 Å². The molecule has 2 aromatic carbocycles. The van der Waals surface area contributed by atoms with E-state index in [4.69, 9.17) is 16.7 Å². The summed E-state index contributed by atoms with van der Waals surface area (Å²) in [5.41, 5.74) is 1.30. The van der Waals surface area contributed by atoms with E-state index in [-0.39, 0.29) is 10.6 Å². The van der Waals surface area contributed by atoms with E-state index in [1.165, 1.54) is 18.2 Å². The molecule has 5 nitrogen and oxygen atoms in total. The van der Waals surface area contributed by atoms with Crippen LogP contribution in [0.4, 0.5) is 10.5 Å². The van der Waals surface area contributed by atoms with Gasteiger partial charge in [0, 0.05) is 17.3 Å². The number of benzene rings is 2. The molecule has 0 aliphatic carbocycles. The van der Waals surface area contributed by atoms with E-state index < -0.39 is 12.0 Å². The molecule has 0 radical (unpaired) electrons. The Kier molecular flexibility index (Phi) is 4.79. The van der Waals surface area contributed by atoms with Crippen LogP contribution in [-0.4, -0.2) is 17.1 Å². The van der Waals surface area contributed by atoms with Crippen LogP contribution in [0.3, 0.4) is 0 Å². The number of carboxylic acid groups (broad SMARTS) is 1. The molecule has 0 unspecified atom stereocenters. The predicted molar refractivity (Wildman–Crippen MR) is 80.7 cm³/mol. The van der Waals surface area contributed by atoms with Crippen molar-refractivity contribution >= 4 is 29.3 Å². The molecule has 0 bridgehead atoms. The van der Waals surface area contributed by atoms with Gasteiger partial charge in [0.15, 0.2) is 0 Å². The number of carbonyl (C=O) groups excluding carboxylic acids is 1. The van der Waals surface area contributed by atoms with E-state index >= 15 is 0 Å². The standard InChI is InChI=1S/C15H13ClN2O3/c16-12-6-11(14(19)20)7-13(8-12)18-15(21)17-9-10-4-2-1-3-5-10/h1-8H,9H2,(H,19,20)(H2,17,18,21). The summed E-state index contributed by atoms with van der Waals surface area (Å²) < 4.78 is 0. The van der Waals surface area contributed by atoms with E-state index in [1.54, 1.807) is 0 Å². The van der Waals surface area contributed by atoms with E-state index in [1.807, 2.05) is 30.3 Å². The number of carboxylic acids is 1. The van der Waals surface area contributed by atoms with Gasteiger partial charge in [0.1, 0.15) is 0 Å². The second-order valence-corrected chi connectivity index (χ2v) is 4.76. The normalized spacial score (nSPS) is 9.95. The van der Waals surface area contributed by atoms with Gasteiger partial charge in [-0.1, -0.05) is 41.9 Å². The lowest BCUT2D eigenvalue weighted by Gasteiger charge is -2.09. The molecule has 0 saturated carbocycles. The fourth-order valence-corrected chi connectivity index (χ4v) is 1.97. The zero-order valence-corrected chi connectivity index (χ0v) is 11.7. The molecule has 2 rings (SSSR count). The van der Waals surface area contributed by atoms with Crippen molar-refractivity contribution in [3.05, 3.63) is 64.7 Å². The van der Waals surface area contributed by atoms with Gasteiger partial charge in [0.25, 0.3) is 0 Å². The van der Waals surface area contributed by atoms with Gasteiger partial charge < -0.3 is 15.7 Å². The second-order valence-electron chi connectivity index (χ2n) is 4.33. The van der Waals surface area contributed by atoms with Gasteiger partial charge in [-0.05, 0) is 23.8 Å². The van der Waals surface area contributed by atoms with Crippen LogP contribution in [0.1, 0.15) is 15.9 Å². The third kappa shape index (κ3) is 4.50. The average molecular weight is 305 g/mol. The number of halogens is 1. The van der Waals surface area contributed by atoms with Crippen LogP contribution in [0.5, 0.6) is 0 Å². The van der Waals surface area contributed by atoms with Gasteiger partial charge in [-0.3, -0.25) is 0 Å². The summed E-state index contributed by atoms with van der Waals surface area (Å²) in [5, 5.41) is 14.4. The zero-order valence-electron chi connectivity index (χ0n) is 11.0. The Morgan fingerprint density at radius 2 is 1.81 bits per heavy atom. The minimum Gasteiger partial charge on any atom is -0.478 e. The minimum atomic E-state index is -1.11. The van der Waals surface area contributed by atoms with Crippen molar-refractivity contribution in [3.63, 3.8) is 0 Å². The van der Waals surface area contributed by atoms with Gasteiger partial charge in [-0.15, -0.1) is 0 Å². The van der Waals surface area contributed by atoms with Crippen LogP contribution >= 0.6 is 11.6 Å². The molecule has 2 aromatic rings. The number of amides is 2. The van der Waals surface area contributed by atoms with Crippen molar-refractivity contribution in [2.75, 3.05) is 5.32 Å². The highest BCUT2D eigenvalue weighted by Gasteiger charge is 2.08. The Labute approximate surface area is 126 Å². The van der Waals surface area contributed by atoms with Crippen LogP contribution < -0.4 is 10.6 Å². The van der Waals surface area contributed by atoms with Crippen LogP contribution in [0.15, 0.2) is 48.5 Å². The lowest BCUT2D eigenvalue weighted by atomic mass is 10.2. The van der Waals surface area contributed by atoms with Crippen LogP contribution in [0.25, 0.3) is 0 Å². The smallest absolute Gasteiger partial charge is 0.335 e. The summed E-state index contributed by atoms with van der Waals surface area (Å²) in [4.78, 5) is 22.7. The quantitative estimate of drug-likeness (QED) is 0.810. The highest BCUT2D eigenvalue weighted by Crippen LogP contribution is 2.19. The number of hydrogen-bond donors (Lipinski definition) is 3. The molecule has 0 aliphatic rings. The molecule has 0 aromatic heterocycles. The molecule has 0 heterocycles. The largest absolute Gasteiger partial charge is 0.478 e. The molecule has 6 heteroatoms. The van der Waals surface area contributed by atoms with Gasteiger partial charge in [0.2, 0.25) is 0 Å². The summed E-state index contributed by atoms with van der Waals surface area (Å²) in [5.74, 6) is -1.11. The first-order chi connectivity index (χ1) is 10.0. The summed E-state index contributed by atoms with van der Waals surface area (Å²) >= 11 is 5.82. The first kappa shape index (κ1) is 14.9. The number of anilines is 1. The maximum Gasteiger partial charge on any atom is 0.335 e. The van der Waals surface area contributed by atoms with Crippen LogP contribution in [-0.2, 0) is 6.54 Å². The molecule has 21 heavy (non-hydrogen) atoms. The van der Waals surface area contributed by atoms with Crippen molar-refractivity contribution in [1.29, 1.82) is 0 Å². The van der Waals surface area contributed by atoms with E-state index in [2.05, 4.69) is 10.6 Å². The topological polar surface area (TPSA) is 78.4 Å². The molecule has 0 aliphatic heterocycles. The number of aromatic carboxylic acids is 1. The maximum absolute atomic E-state index is 11.8. The van der Waals surface area contributed by atoms with Gasteiger partial charge in [-0.2, -0.15) is 0 Å². The molecule has 108 valence electrons. The lowest BCUT2D eigenvalue weighted by molar-refractivity contribution is 0.0697. The number of nitrogens with one attached hydrogen (secondary N) is 2. The third-order valence-corrected chi connectivity index (χ3v) is 2.92. The monoisotopic (exact) mass is 304 g/mol. The van der Waals surface area contributed by atoms with Crippen molar-refractivity contribution in [1.82, 2.24) is 5.32 Å². The summed E-state index contributed by atoms with van der Waals surface area (Å²) in [6.07, 6.45) is 0. The van der Waals surface area contributed by atoms with Crippen LogP contribution in [0.2, 0.25) is 5.02 Å². The summed E-state index contributed by atoms with van der Waals surface area (Å²) in [7, 11) is 0. The molecule has 2 amide bonds. The second kappa shape index (κ2) is 6.76. The van der Waals surface area contributed by atoms with Crippen molar-refractivity contribution in [3.8, 4) is 0 Å². The molecule has 0 atom stereocenters. The first-order valence-electron chi connectivity index (χ1n) is 6.17. The number of carbonyl (C=O) groups is 2. The van der Waals surface area contributed by atoms with E-state index in [9.17, 15) is 9.59 Å². The highest BCUT2D eigenvalue weighted by molar-refractivity contribution is 6.31. The predicted octanol–water partition coefficient (Wildman–Crippen LogP) is 3.36. The molecule has 0 saturated heterocycles. The number of urea groups is 1. The first-order valence-corrected chi connectivity index (χ1v) is 6.55. The molecular weight excluding hydrogens is 292 g/mol. The Morgan fingerprint density at radius 1 is 1.10 bits per heavy atom. The number of hydrogen-bond acceptors (Lipinski definition) is 2. The Balaban J connectivity index is 1.98. The SMILES string of the molecule is O=C(NCc1ccccc1)Nc1cc(Cl)cc(C(=O)O)c1. The maximum atomic E-state index is 11.8. The summed E-state index contributed by atoms with van der Waals surface area (Å²) in [6.45, 7) is 0.374. The minimum absolute atomic E-state index is 0.0147. The number of rotatable bonds is 4. The molecular formula is C15H13ClN2O3. The van der Waals surface area contributed by atoms with Gasteiger partial charge in [0.05, 0.1) is 5.56 Å². The molecule has 0 fully saturated rings. The Morgan fingerprint density at radius 3 is 2.48 bits per heavy atom. The highest BCUT2D eigenvalue weighted by atomic mass is 35.5. The fraction of sp³-hybridized carbons (Fsp3) is 0.0667. The van der Waals surface area contributed by atoms with Gasteiger partial charge >= 0.3 is 12.0 Å². The lowest BCUT2D eigenvalue weighted by Crippen LogP contribution is -2.28. The average Bonchev–Trinajstić information content (AvgIpc) is 2.45. The Hall–Kier alpha value is -2.53. The zero-order chi connectivity index (χ0) is 15.2. The van der Waals surface area contributed by atoms with E-state index in [0.717, 1.165) is 5.56 Å². The third-order valence-electron chi connectivity index (χ3n) is 2.70. The Bertz CT molecular complexity index is 659. The van der Waals surface area contributed by atoms with E-state index in [0.29, 0.717) is 12.2 Å². The molecule has 3 N–H and O–H groups in total. The van der Waals surface area contributed by atoms with Crippen molar-refractivity contribution in [2.45, 2.75) is 6.54 Å².